The van der Waals surface area contributed by atoms with E-state index < -0.39 is 24.0 Å². The second-order valence-corrected chi connectivity index (χ2v) is 5.76. The van der Waals surface area contributed by atoms with Gasteiger partial charge in [0.05, 0.1) is 19.1 Å². The SMILES string of the molecule is COc1cc(C(=O)NC2(CC(=O)O)CCCC2)ccc1OC(F)F. The number of ether oxygens (including phenoxy) is 2. The minimum Gasteiger partial charge on any atom is -0.493 e. The average Bonchev–Trinajstić information content (AvgIpc) is 2.94. The summed E-state index contributed by atoms with van der Waals surface area (Å²) < 4.78 is 33.9. The van der Waals surface area contributed by atoms with E-state index in [0.29, 0.717) is 12.8 Å². The van der Waals surface area contributed by atoms with Crippen molar-refractivity contribution < 1.29 is 33.0 Å². The number of rotatable bonds is 7. The van der Waals surface area contributed by atoms with Crippen LogP contribution in [-0.2, 0) is 4.79 Å². The van der Waals surface area contributed by atoms with Crippen molar-refractivity contribution in [2.24, 2.45) is 0 Å². The van der Waals surface area contributed by atoms with E-state index in [1.807, 2.05) is 0 Å². The van der Waals surface area contributed by atoms with Gasteiger partial charge in [-0.25, -0.2) is 0 Å². The number of nitrogens with one attached hydrogen (secondary N) is 1. The van der Waals surface area contributed by atoms with Gasteiger partial charge in [0.25, 0.3) is 5.91 Å². The molecule has 2 N–H and O–H groups in total. The summed E-state index contributed by atoms with van der Waals surface area (Å²) in [7, 11) is 1.28. The van der Waals surface area contributed by atoms with E-state index in [1.165, 1.54) is 25.3 Å². The van der Waals surface area contributed by atoms with Crippen LogP contribution in [0.3, 0.4) is 0 Å². The van der Waals surface area contributed by atoms with Gasteiger partial charge in [0, 0.05) is 5.56 Å². The zero-order chi connectivity index (χ0) is 17.7. The highest BCUT2D eigenvalue weighted by atomic mass is 19.3. The molecular formula is C16H19F2NO5. The van der Waals surface area contributed by atoms with E-state index in [0.717, 1.165) is 12.8 Å². The molecule has 0 saturated heterocycles. The number of benzene rings is 1. The molecule has 0 atom stereocenters. The molecule has 1 saturated carbocycles. The van der Waals surface area contributed by atoms with Gasteiger partial charge in [0.2, 0.25) is 0 Å². The number of carbonyl (C=O) groups excluding carboxylic acids is 1. The Morgan fingerprint density at radius 1 is 1.29 bits per heavy atom. The predicted molar refractivity (Wildman–Crippen MR) is 80.5 cm³/mol. The van der Waals surface area contributed by atoms with Crippen LogP contribution in [0.25, 0.3) is 0 Å². The van der Waals surface area contributed by atoms with Gasteiger partial charge in [0.15, 0.2) is 11.5 Å². The summed E-state index contributed by atoms with van der Waals surface area (Å²) in [4.78, 5) is 23.5. The minimum atomic E-state index is -3.00. The molecule has 132 valence electrons. The maximum Gasteiger partial charge on any atom is 0.387 e. The van der Waals surface area contributed by atoms with Gasteiger partial charge < -0.3 is 19.9 Å². The lowest BCUT2D eigenvalue weighted by Crippen LogP contribution is -2.47. The molecule has 24 heavy (non-hydrogen) atoms. The molecular weight excluding hydrogens is 324 g/mol. The Balaban J connectivity index is 2.18. The number of carbonyl (C=O) groups is 2. The highest BCUT2D eigenvalue weighted by Crippen LogP contribution is 2.34. The van der Waals surface area contributed by atoms with E-state index in [2.05, 4.69) is 10.1 Å². The van der Waals surface area contributed by atoms with Gasteiger partial charge in [-0.1, -0.05) is 12.8 Å². The van der Waals surface area contributed by atoms with Crippen molar-refractivity contribution in [2.75, 3.05) is 7.11 Å². The van der Waals surface area contributed by atoms with E-state index in [1.54, 1.807) is 0 Å². The van der Waals surface area contributed by atoms with E-state index >= 15 is 0 Å². The van der Waals surface area contributed by atoms with Crippen molar-refractivity contribution in [3.8, 4) is 11.5 Å². The van der Waals surface area contributed by atoms with E-state index in [-0.39, 0.29) is 23.5 Å². The quantitative estimate of drug-likeness (QED) is 0.795. The number of hydrogen-bond acceptors (Lipinski definition) is 4. The summed E-state index contributed by atoms with van der Waals surface area (Å²) in [6.45, 7) is -3.00. The Morgan fingerprint density at radius 3 is 2.50 bits per heavy atom. The van der Waals surface area contributed by atoms with E-state index in [4.69, 9.17) is 9.84 Å². The van der Waals surface area contributed by atoms with Gasteiger partial charge in [-0.2, -0.15) is 8.78 Å². The third kappa shape index (κ3) is 4.33. The molecule has 1 amide bonds. The molecule has 0 spiro atoms. The molecule has 1 aliphatic carbocycles. The van der Waals surface area contributed by atoms with Crippen LogP contribution in [0.2, 0.25) is 0 Å². The number of carboxylic acids is 1. The van der Waals surface area contributed by atoms with Crippen LogP contribution >= 0.6 is 0 Å². The number of amides is 1. The topological polar surface area (TPSA) is 84.9 Å². The standard InChI is InChI=1S/C16H19F2NO5/c1-23-12-8-10(4-5-11(12)24-15(17)18)14(22)19-16(9-13(20)21)6-2-3-7-16/h4-5,8,15H,2-3,6-7,9H2,1H3,(H,19,22)(H,20,21). The Bertz CT molecular complexity index is 614. The Labute approximate surface area is 137 Å². The van der Waals surface area contributed by atoms with Crippen LogP contribution in [0.4, 0.5) is 8.78 Å². The predicted octanol–water partition coefficient (Wildman–Crippen LogP) is 2.81. The first-order valence-electron chi connectivity index (χ1n) is 7.52. The number of alkyl halides is 2. The molecule has 0 unspecified atom stereocenters. The van der Waals surface area contributed by atoms with Crippen molar-refractivity contribution in [2.45, 2.75) is 44.3 Å². The number of methoxy groups -OCH3 is 1. The average molecular weight is 343 g/mol. The molecule has 8 heteroatoms. The summed E-state index contributed by atoms with van der Waals surface area (Å²) in [6, 6.07) is 3.84. The van der Waals surface area contributed by atoms with Gasteiger partial charge in [0.1, 0.15) is 0 Å². The number of carboxylic acid groups (broad SMARTS) is 1. The molecule has 0 aliphatic heterocycles. The highest BCUT2D eigenvalue weighted by Gasteiger charge is 2.37. The number of halogens is 2. The lowest BCUT2D eigenvalue weighted by atomic mass is 9.92. The monoisotopic (exact) mass is 343 g/mol. The molecule has 1 fully saturated rings. The van der Waals surface area contributed by atoms with Crippen molar-refractivity contribution in [1.29, 1.82) is 0 Å². The van der Waals surface area contributed by atoms with Crippen LogP contribution in [0.5, 0.6) is 11.5 Å². The van der Waals surface area contributed by atoms with Crippen molar-refractivity contribution in [1.82, 2.24) is 5.32 Å². The van der Waals surface area contributed by atoms with Crippen LogP contribution in [0, 0.1) is 0 Å². The number of aliphatic carboxylic acids is 1. The third-order valence-corrected chi connectivity index (χ3v) is 4.07. The molecule has 0 aromatic heterocycles. The maximum atomic E-state index is 12.4. The summed E-state index contributed by atoms with van der Waals surface area (Å²) in [5.41, 5.74) is -0.584. The highest BCUT2D eigenvalue weighted by molar-refractivity contribution is 5.95. The lowest BCUT2D eigenvalue weighted by Gasteiger charge is -2.28. The third-order valence-electron chi connectivity index (χ3n) is 4.07. The van der Waals surface area contributed by atoms with Crippen molar-refractivity contribution in [3.63, 3.8) is 0 Å². The molecule has 0 heterocycles. The Kier molecular flexibility index (Phi) is 5.58. The Hall–Kier alpha value is -2.38. The fraction of sp³-hybridized carbons (Fsp3) is 0.500. The van der Waals surface area contributed by atoms with Gasteiger partial charge in [-0.15, -0.1) is 0 Å². The number of hydrogen-bond donors (Lipinski definition) is 2. The Morgan fingerprint density at radius 2 is 1.96 bits per heavy atom. The van der Waals surface area contributed by atoms with Crippen molar-refractivity contribution in [3.05, 3.63) is 23.8 Å². The first-order chi connectivity index (χ1) is 11.3. The largest absolute Gasteiger partial charge is 0.493 e. The van der Waals surface area contributed by atoms with E-state index in [9.17, 15) is 18.4 Å². The van der Waals surface area contributed by atoms with Crippen LogP contribution < -0.4 is 14.8 Å². The minimum absolute atomic E-state index is 0.00153. The zero-order valence-corrected chi connectivity index (χ0v) is 13.2. The lowest BCUT2D eigenvalue weighted by molar-refractivity contribution is -0.138. The summed E-state index contributed by atoms with van der Waals surface area (Å²) in [6.07, 6.45) is 2.72. The summed E-state index contributed by atoms with van der Waals surface area (Å²) in [5.74, 6) is -1.62. The fourth-order valence-electron chi connectivity index (χ4n) is 3.00. The second kappa shape index (κ2) is 7.46. The molecule has 1 aromatic carbocycles. The van der Waals surface area contributed by atoms with Crippen molar-refractivity contribution >= 4 is 11.9 Å². The molecule has 0 bridgehead atoms. The zero-order valence-electron chi connectivity index (χ0n) is 13.2. The molecule has 6 nitrogen and oxygen atoms in total. The smallest absolute Gasteiger partial charge is 0.387 e. The summed E-state index contributed by atoms with van der Waals surface area (Å²) >= 11 is 0. The molecule has 1 aliphatic rings. The van der Waals surface area contributed by atoms with Crippen LogP contribution in [0.1, 0.15) is 42.5 Å². The van der Waals surface area contributed by atoms with Crippen LogP contribution in [-0.4, -0.2) is 36.2 Å². The maximum absolute atomic E-state index is 12.4. The summed E-state index contributed by atoms with van der Waals surface area (Å²) in [5, 5.41) is 11.9. The van der Waals surface area contributed by atoms with Gasteiger partial charge >= 0.3 is 12.6 Å². The second-order valence-electron chi connectivity index (χ2n) is 5.76. The fourth-order valence-corrected chi connectivity index (χ4v) is 3.00. The van der Waals surface area contributed by atoms with Gasteiger partial charge in [-0.05, 0) is 31.0 Å². The first-order valence-corrected chi connectivity index (χ1v) is 7.52. The molecule has 1 aromatic rings. The molecule has 2 rings (SSSR count). The molecule has 0 radical (unpaired) electrons. The van der Waals surface area contributed by atoms with Crippen LogP contribution in [0.15, 0.2) is 18.2 Å². The normalized spacial score (nSPS) is 16.0. The van der Waals surface area contributed by atoms with Gasteiger partial charge in [-0.3, -0.25) is 9.59 Å². The first kappa shape index (κ1) is 18.0.